The van der Waals surface area contributed by atoms with Crippen molar-refractivity contribution in [1.29, 1.82) is 0 Å². The minimum Gasteiger partial charge on any atom is -0.349 e. The quantitative estimate of drug-likeness (QED) is 0.704. The summed E-state index contributed by atoms with van der Waals surface area (Å²) in [5, 5.41) is 2.89. The van der Waals surface area contributed by atoms with Crippen molar-refractivity contribution >= 4 is 11.8 Å². The molecule has 0 spiro atoms. The molecule has 0 aliphatic rings. The Balaban J connectivity index is 2.05. The van der Waals surface area contributed by atoms with Crippen LogP contribution in [0.25, 0.3) is 0 Å². The van der Waals surface area contributed by atoms with E-state index in [1.807, 2.05) is 48.5 Å². The molecular formula is C22H26N2O2. The van der Waals surface area contributed by atoms with Gasteiger partial charge in [0, 0.05) is 20.0 Å². The van der Waals surface area contributed by atoms with Gasteiger partial charge in [0.15, 0.2) is 0 Å². The molecule has 0 radical (unpaired) electrons. The lowest BCUT2D eigenvalue weighted by Crippen LogP contribution is -2.37. The molecule has 2 amide bonds. The Labute approximate surface area is 155 Å². The largest absolute Gasteiger partial charge is 0.349 e. The van der Waals surface area contributed by atoms with Gasteiger partial charge in [-0.25, -0.2) is 0 Å². The number of amides is 2. The van der Waals surface area contributed by atoms with Crippen LogP contribution in [-0.4, -0.2) is 29.8 Å². The van der Waals surface area contributed by atoms with Gasteiger partial charge in [0.25, 0.3) is 0 Å². The highest BCUT2D eigenvalue weighted by molar-refractivity contribution is 5.79. The zero-order chi connectivity index (χ0) is 18.8. The molecule has 2 aromatic rings. The Morgan fingerprint density at radius 1 is 1.08 bits per heavy atom. The number of carbonyl (C=O) groups is 2. The number of hydrogen-bond donors (Lipinski definition) is 1. The number of nitrogens with one attached hydrogen (secondary N) is 1. The molecule has 2 aromatic carbocycles. The zero-order valence-electron chi connectivity index (χ0n) is 15.2. The van der Waals surface area contributed by atoms with Gasteiger partial charge in [-0.3, -0.25) is 9.59 Å². The van der Waals surface area contributed by atoms with Crippen molar-refractivity contribution in [2.75, 3.05) is 13.1 Å². The van der Waals surface area contributed by atoms with E-state index in [9.17, 15) is 9.59 Å². The maximum Gasteiger partial charge on any atom is 0.225 e. The fourth-order valence-electron chi connectivity index (χ4n) is 2.87. The monoisotopic (exact) mass is 350 g/mol. The van der Waals surface area contributed by atoms with Crippen LogP contribution in [0, 0.1) is 0 Å². The molecule has 0 saturated carbocycles. The summed E-state index contributed by atoms with van der Waals surface area (Å²) in [6.07, 6.45) is 2.75. The molecule has 0 saturated heterocycles. The van der Waals surface area contributed by atoms with Crippen LogP contribution in [0.3, 0.4) is 0 Å². The first kappa shape index (κ1) is 19.4. The molecule has 0 aliphatic carbocycles. The molecule has 4 nitrogen and oxygen atoms in total. The van der Waals surface area contributed by atoms with Crippen molar-refractivity contribution in [3.05, 3.63) is 84.4 Å². The van der Waals surface area contributed by atoms with E-state index in [2.05, 4.69) is 24.0 Å². The molecule has 0 bridgehead atoms. The summed E-state index contributed by atoms with van der Waals surface area (Å²) in [4.78, 5) is 26.2. The summed E-state index contributed by atoms with van der Waals surface area (Å²) >= 11 is 0. The average molecular weight is 350 g/mol. The minimum absolute atomic E-state index is 0.00318. The van der Waals surface area contributed by atoms with Gasteiger partial charge in [-0.1, -0.05) is 66.7 Å². The van der Waals surface area contributed by atoms with Crippen LogP contribution in [0.4, 0.5) is 0 Å². The van der Waals surface area contributed by atoms with Gasteiger partial charge in [0.1, 0.15) is 0 Å². The molecular weight excluding hydrogens is 324 g/mol. The first-order chi connectivity index (χ1) is 12.6. The normalized spacial score (nSPS) is 11.4. The van der Waals surface area contributed by atoms with Crippen LogP contribution in [0.15, 0.2) is 73.3 Å². The predicted molar refractivity (Wildman–Crippen MR) is 105 cm³/mol. The highest BCUT2D eigenvalue weighted by atomic mass is 16.2. The van der Waals surface area contributed by atoms with Gasteiger partial charge in [0.2, 0.25) is 11.8 Å². The first-order valence-corrected chi connectivity index (χ1v) is 8.84. The highest BCUT2D eigenvalue weighted by Gasteiger charge is 2.20. The number of hydrogen-bond acceptors (Lipinski definition) is 2. The fourth-order valence-corrected chi connectivity index (χ4v) is 2.87. The average Bonchev–Trinajstić information content (AvgIpc) is 2.65. The second-order valence-electron chi connectivity index (χ2n) is 6.23. The van der Waals surface area contributed by atoms with Crippen molar-refractivity contribution in [2.24, 2.45) is 0 Å². The molecule has 26 heavy (non-hydrogen) atoms. The van der Waals surface area contributed by atoms with E-state index in [1.165, 1.54) is 12.5 Å². The maximum atomic E-state index is 12.8. The first-order valence-electron chi connectivity index (χ1n) is 8.84. The number of rotatable bonds is 9. The summed E-state index contributed by atoms with van der Waals surface area (Å²) in [5.74, 6) is -0.144. The summed E-state index contributed by atoms with van der Waals surface area (Å²) in [5.41, 5.74) is 2.12. The molecule has 0 heterocycles. The highest BCUT2D eigenvalue weighted by Crippen LogP contribution is 2.18. The van der Waals surface area contributed by atoms with Gasteiger partial charge in [-0.05, 0) is 17.5 Å². The molecule has 0 aromatic heterocycles. The van der Waals surface area contributed by atoms with E-state index in [4.69, 9.17) is 0 Å². The third-order valence-corrected chi connectivity index (χ3v) is 4.17. The van der Waals surface area contributed by atoms with Crippen LogP contribution in [0.5, 0.6) is 0 Å². The Kier molecular flexibility index (Phi) is 7.62. The number of benzene rings is 2. The Morgan fingerprint density at radius 3 is 2.27 bits per heavy atom. The second-order valence-corrected chi connectivity index (χ2v) is 6.23. The van der Waals surface area contributed by atoms with Gasteiger partial charge >= 0.3 is 0 Å². The summed E-state index contributed by atoms with van der Waals surface area (Å²) in [6.45, 7) is 6.34. The van der Waals surface area contributed by atoms with E-state index in [1.54, 1.807) is 11.0 Å². The maximum absolute atomic E-state index is 12.8. The smallest absolute Gasteiger partial charge is 0.225 e. The zero-order valence-corrected chi connectivity index (χ0v) is 15.2. The van der Waals surface area contributed by atoms with E-state index >= 15 is 0 Å². The van der Waals surface area contributed by atoms with Crippen LogP contribution in [0.1, 0.15) is 30.5 Å². The third-order valence-electron chi connectivity index (χ3n) is 4.17. The van der Waals surface area contributed by atoms with Crippen LogP contribution < -0.4 is 5.32 Å². The summed E-state index contributed by atoms with van der Waals surface area (Å²) in [6, 6.07) is 19.3. The Bertz CT molecular complexity index is 713. The van der Waals surface area contributed by atoms with Crippen molar-refractivity contribution in [1.82, 2.24) is 10.2 Å². The molecule has 1 unspecified atom stereocenters. The van der Waals surface area contributed by atoms with Crippen molar-refractivity contribution in [2.45, 2.75) is 25.8 Å². The minimum atomic E-state index is -0.328. The van der Waals surface area contributed by atoms with Crippen molar-refractivity contribution in [3.63, 3.8) is 0 Å². The third kappa shape index (κ3) is 6.20. The number of nitrogens with zero attached hydrogens (tertiary/aromatic N) is 1. The fraction of sp³-hybridized carbons (Fsp3) is 0.273. The van der Waals surface area contributed by atoms with Crippen LogP contribution in [-0.2, 0) is 16.0 Å². The van der Waals surface area contributed by atoms with Gasteiger partial charge < -0.3 is 10.2 Å². The molecule has 4 heteroatoms. The van der Waals surface area contributed by atoms with Gasteiger partial charge in [0.05, 0.1) is 12.5 Å². The van der Waals surface area contributed by atoms with Gasteiger partial charge in [-0.2, -0.15) is 0 Å². The predicted octanol–water partition coefficient (Wildman–Crippen LogP) is 3.51. The van der Waals surface area contributed by atoms with E-state index in [-0.39, 0.29) is 24.3 Å². The Morgan fingerprint density at radius 2 is 1.69 bits per heavy atom. The molecule has 1 N–H and O–H groups in total. The standard InChI is InChI=1S/C22H26N2O2/c1-3-15-24(16-14-19-10-6-4-7-11-19)22(26)17-21(23-18(2)25)20-12-8-5-9-13-20/h3-13,21H,1,14-17H2,2H3,(H,23,25). The molecule has 0 aliphatic heterocycles. The van der Waals surface area contributed by atoms with E-state index in [0.29, 0.717) is 13.1 Å². The van der Waals surface area contributed by atoms with E-state index in [0.717, 1.165) is 12.0 Å². The summed E-state index contributed by atoms with van der Waals surface area (Å²) in [7, 11) is 0. The van der Waals surface area contributed by atoms with Crippen LogP contribution in [0.2, 0.25) is 0 Å². The SMILES string of the molecule is C=CCN(CCc1ccccc1)C(=O)CC(NC(C)=O)c1ccccc1. The van der Waals surface area contributed by atoms with Crippen LogP contribution >= 0.6 is 0 Å². The van der Waals surface area contributed by atoms with E-state index < -0.39 is 0 Å². The lowest BCUT2D eigenvalue weighted by atomic mass is 10.0. The van der Waals surface area contributed by atoms with Crippen molar-refractivity contribution < 1.29 is 9.59 Å². The Hall–Kier alpha value is -2.88. The topological polar surface area (TPSA) is 49.4 Å². The summed E-state index contributed by atoms with van der Waals surface area (Å²) < 4.78 is 0. The molecule has 1 atom stereocenters. The lowest BCUT2D eigenvalue weighted by Gasteiger charge is -2.25. The second kappa shape index (κ2) is 10.2. The molecule has 0 fully saturated rings. The van der Waals surface area contributed by atoms with Gasteiger partial charge in [-0.15, -0.1) is 6.58 Å². The number of carbonyl (C=O) groups excluding carboxylic acids is 2. The molecule has 136 valence electrons. The lowest BCUT2D eigenvalue weighted by molar-refractivity contribution is -0.131. The van der Waals surface area contributed by atoms with Crippen molar-refractivity contribution in [3.8, 4) is 0 Å². The molecule has 2 rings (SSSR count).